The number of oxazole rings is 1. The van der Waals surface area contributed by atoms with Crippen molar-refractivity contribution in [2.24, 2.45) is 0 Å². The summed E-state index contributed by atoms with van der Waals surface area (Å²) in [5.74, 6) is -0.709. The molecular formula is C22H22N2O4. The van der Waals surface area contributed by atoms with Gasteiger partial charge in [0.1, 0.15) is 5.52 Å². The summed E-state index contributed by atoms with van der Waals surface area (Å²) in [4.78, 5) is 28.0. The molecule has 28 heavy (non-hydrogen) atoms. The van der Waals surface area contributed by atoms with Gasteiger partial charge in [0, 0.05) is 12.2 Å². The highest BCUT2D eigenvalue weighted by molar-refractivity contribution is 5.89. The Labute approximate surface area is 163 Å². The lowest BCUT2D eigenvalue weighted by Crippen LogP contribution is -2.30. The number of carbonyl (C=O) groups excluding carboxylic acids is 2. The number of hydrogen-bond acceptors (Lipinski definition) is 5. The van der Waals surface area contributed by atoms with Crippen molar-refractivity contribution in [3.63, 3.8) is 0 Å². The number of amides is 1. The number of benzene rings is 2. The summed E-state index contributed by atoms with van der Waals surface area (Å²) in [5, 5.41) is 2.81. The summed E-state index contributed by atoms with van der Waals surface area (Å²) >= 11 is 0. The quantitative estimate of drug-likeness (QED) is 0.499. The van der Waals surface area contributed by atoms with Crippen LogP contribution in [-0.4, -0.2) is 23.5 Å². The zero-order chi connectivity index (χ0) is 19.9. The summed E-state index contributed by atoms with van der Waals surface area (Å²) in [7, 11) is 0. The number of para-hydroxylation sites is 2. The zero-order valence-electron chi connectivity index (χ0n) is 15.8. The van der Waals surface area contributed by atoms with Crippen molar-refractivity contribution in [3.05, 3.63) is 71.6 Å². The summed E-state index contributed by atoms with van der Waals surface area (Å²) in [6, 6.07) is 15.2. The van der Waals surface area contributed by atoms with E-state index in [1.54, 1.807) is 6.07 Å². The number of hydrogen-bond donors (Lipinski definition) is 1. The predicted octanol–water partition coefficient (Wildman–Crippen LogP) is 3.82. The van der Waals surface area contributed by atoms with Crippen LogP contribution in [0.3, 0.4) is 0 Å². The molecule has 144 valence electrons. The van der Waals surface area contributed by atoms with Gasteiger partial charge in [-0.25, -0.2) is 9.78 Å². The van der Waals surface area contributed by atoms with Gasteiger partial charge in [0.15, 0.2) is 12.2 Å². The van der Waals surface area contributed by atoms with Crippen LogP contribution in [0.25, 0.3) is 17.2 Å². The number of esters is 1. The summed E-state index contributed by atoms with van der Waals surface area (Å²) in [6.45, 7) is 3.62. The zero-order valence-corrected chi connectivity index (χ0v) is 15.8. The van der Waals surface area contributed by atoms with Gasteiger partial charge < -0.3 is 14.5 Å². The van der Waals surface area contributed by atoms with Gasteiger partial charge in [0.05, 0.1) is 6.04 Å². The van der Waals surface area contributed by atoms with Gasteiger partial charge in [0.2, 0.25) is 5.89 Å². The first-order valence-corrected chi connectivity index (χ1v) is 9.13. The van der Waals surface area contributed by atoms with Crippen LogP contribution in [0.1, 0.15) is 36.9 Å². The van der Waals surface area contributed by atoms with Crippen LogP contribution < -0.4 is 5.32 Å². The van der Waals surface area contributed by atoms with Gasteiger partial charge >= 0.3 is 5.97 Å². The van der Waals surface area contributed by atoms with Crippen LogP contribution in [0, 0.1) is 0 Å². The molecule has 3 rings (SSSR count). The highest BCUT2D eigenvalue weighted by atomic mass is 16.5. The monoisotopic (exact) mass is 378 g/mol. The van der Waals surface area contributed by atoms with E-state index in [1.807, 2.05) is 49.4 Å². The van der Waals surface area contributed by atoms with Crippen molar-refractivity contribution in [3.8, 4) is 0 Å². The minimum atomic E-state index is -0.641. The lowest BCUT2D eigenvalue weighted by atomic mass is 10.1. The maximum absolute atomic E-state index is 12.0. The van der Waals surface area contributed by atoms with Crippen molar-refractivity contribution in [2.45, 2.75) is 26.3 Å². The molecule has 2 aromatic carbocycles. The fourth-order valence-electron chi connectivity index (χ4n) is 2.69. The van der Waals surface area contributed by atoms with Crippen molar-refractivity contribution >= 4 is 29.1 Å². The molecule has 0 fully saturated rings. The number of nitrogens with one attached hydrogen (secondary N) is 1. The van der Waals surface area contributed by atoms with Crippen molar-refractivity contribution in [1.29, 1.82) is 0 Å². The van der Waals surface area contributed by atoms with Crippen molar-refractivity contribution in [2.75, 3.05) is 6.61 Å². The lowest BCUT2D eigenvalue weighted by molar-refractivity contribution is -0.144. The Morgan fingerprint density at radius 1 is 1.18 bits per heavy atom. The third-order valence-electron chi connectivity index (χ3n) is 4.28. The van der Waals surface area contributed by atoms with Crippen LogP contribution in [0.5, 0.6) is 0 Å². The molecule has 0 unspecified atom stereocenters. The number of fused-ring (bicyclic) bond motifs is 1. The fraction of sp³-hybridized carbons (Fsp3) is 0.227. The van der Waals surface area contributed by atoms with Gasteiger partial charge in [-0.15, -0.1) is 0 Å². The second-order valence-corrected chi connectivity index (χ2v) is 6.35. The van der Waals surface area contributed by atoms with E-state index in [0.717, 1.165) is 12.0 Å². The fourth-order valence-corrected chi connectivity index (χ4v) is 2.69. The smallest absolute Gasteiger partial charge is 0.331 e. The Morgan fingerprint density at radius 3 is 2.64 bits per heavy atom. The van der Waals surface area contributed by atoms with Crippen LogP contribution in [-0.2, 0) is 20.7 Å². The lowest BCUT2D eigenvalue weighted by Gasteiger charge is -2.14. The van der Waals surface area contributed by atoms with Gasteiger partial charge in [-0.1, -0.05) is 43.3 Å². The number of aryl methyl sites for hydroxylation is 1. The van der Waals surface area contributed by atoms with Crippen LogP contribution >= 0.6 is 0 Å². The van der Waals surface area contributed by atoms with Crippen LogP contribution in [0.15, 0.2) is 59.0 Å². The first kappa shape index (κ1) is 19.4. The van der Waals surface area contributed by atoms with Gasteiger partial charge in [-0.2, -0.15) is 0 Å². The van der Waals surface area contributed by atoms with Crippen molar-refractivity contribution in [1.82, 2.24) is 10.3 Å². The Kier molecular flexibility index (Phi) is 6.22. The van der Waals surface area contributed by atoms with Gasteiger partial charge in [-0.05, 0) is 36.6 Å². The molecule has 0 saturated carbocycles. The Balaban J connectivity index is 1.47. The maximum atomic E-state index is 12.0. The molecule has 0 aliphatic carbocycles. The second-order valence-electron chi connectivity index (χ2n) is 6.35. The molecule has 0 aliphatic heterocycles. The van der Waals surface area contributed by atoms with Gasteiger partial charge in [-0.3, -0.25) is 4.79 Å². The van der Waals surface area contributed by atoms with Crippen LogP contribution in [0.2, 0.25) is 0 Å². The Hall–Kier alpha value is -3.41. The third kappa shape index (κ3) is 5.07. The molecular weight excluding hydrogens is 356 g/mol. The number of aromatic nitrogens is 1. The molecule has 1 amide bonds. The van der Waals surface area contributed by atoms with E-state index in [9.17, 15) is 9.59 Å². The molecule has 3 aromatic rings. The molecule has 6 nitrogen and oxygen atoms in total. The molecule has 1 N–H and O–H groups in total. The van der Waals surface area contributed by atoms with E-state index < -0.39 is 5.97 Å². The standard InChI is InChI=1S/C22H22N2O4/c1-3-16-8-10-17(11-9-16)15(2)23-20(25)14-27-22(26)13-12-21-24-18-6-4-5-7-19(18)28-21/h4-13,15H,3,14H2,1-2H3,(H,23,25)/b13-12+/t15-/m1/s1. The molecule has 1 aromatic heterocycles. The van der Waals surface area contributed by atoms with Crippen molar-refractivity contribution < 1.29 is 18.7 Å². The summed E-state index contributed by atoms with van der Waals surface area (Å²) < 4.78 is 10.4. The molecule has 0 bridgehead atoms. The number of ether oxygens (including phenoxy) is 1. The Bertz CT molecular complexity index is 956. The second kappa shape index (κ2) is 8.99. The molecule has 1 heterocycles. The first-order chi connectivity index (χ1) is 13.5. The predicted molar refractivity (Wildman–Crippen MR) is 106 cm³/mol. The average Bonchev–Trinajstić information content (AvgIpc) is 3.13. The topological polar surface area (TPSA) is 81.4 Å². The number of carbonyl (C=O) groups is 2. The number of rotatable bonds is 7. The SMILES string of the molecule is CCc1ccc([C@@H](C)NC(=O)COC(=O)/C=C/c2nc3ccccc3o2)cc1. The number of nitrogens with zero attached hydrogens (tertiary/aromatic N) is 1. The highest BCUT2D eigenvalue weighted by Gasteiger charge is 2.11. The van der Waals surface area contributed by atoms with E-state index in [-0.39, 0.29) is 18.6 Å². The average molecular weight is 378 g/mol. The van der Waals surface area contributed by atoms with E-state index >= 15 is 0 Å². The molecule has 0 saturated heterocycles. The molecule has 0 spiro atoms. The highest BCUT2D eigenvalue weighted by Crippen LogP contribution is 2.16. The third-order valence-corrected chi connectivity index (χ3v) is 4.28. The van der Waals surface area contributed by atoms with E-state index in [1.165, 1.54) is 17.7 Å². The van der Waals surface area contributed by atoms with Crippen LogP contribution in [0.4, 0.5) is 0 Å². The molecule has 0 aliphatic rings. The normalized spacial score (nSPS) is 12.2. The van der Waals surface area contributed by atoms with E-state index in [2.05, 4.69) is 17.2 Å². The first-order valence-electron chi connectivity index (χ1n) is 9.13. The maximum Gasteiger partial charge on any atom is 0.331 e. The summed E-state index contributed by atoms with van der Waals surface area (Å²) in [6.07, 6.45) is 3.57. The van der Waals surface area contributed by atoms with Gasteiger partial charge in [0.25, 0.3) is 5.91 Å². The molecule has 0 radical (unpaired) electrons. The van der Waals surface area contributed by atoms with E-state index in [0.29, 0.717) is 17.0 Å². The minimum absolute atomic E-state index is 0.174. The van der Waals surface area contributed by atoms with E-state index in [4.69, 9.17) is 9.15 Å². The summed E-state index contributed by atoms with van der Waals surface area (Å²) in [5.41, 5.74) is 3.57. The molecule has 6 heteroatoms. The largest absolute Gasteiger partial charge is 0.452 e. The molecule has 1 atom stereocenters. The Morgan fingerprint density at radius 2 is 1.93 bits per heavy atom. The minimum Gasteiger partial charge on any atom is -0.452 e.